The molecule has 7 heteroatoms. The summed E-state index contributed by atoms with van der Waals surface area (Å²) < 4.78 is 42.3. The van der Waals surface area contributed by atoms with Crippen LogP contribution in [0.1, 0.15) is 27.7 Å². The van der Waals surface area contributed by atoms with Crippen molar-refractivity contribution in [2.75, 3.05) is 26.2 Å². The van der Waals surface area contributed by atoms with Gasteiger partial charge in [-0.1, -0.05) is 6.92 Å². The molecule has 0 aromatic rings. The van der Waals surface area contributed by atoms with E-state index in [4.69, 9.17) is 4.74 Å². The largest absolute Gasteiger partial charge is 0.465 e. The minimum Gasteiger partial charge on any atom is -0.465 e. The predicted octanol–water partition coefficient (Wildman–Crippen LogP) is 1.80. The Morgan fingerprint density at radius 2 is 1.89 bits per heavy atom. The minimum absolute atomic E-state index is 0.0240. The van der Waals surface area contributed by atoms with Gasteiger partial charge in [-0.25, -0.2) is 0 Å². The van der Waals surface area contributed by atoms with Gasteiger partial charge < -0.3 is 10.1 Å². The standard InChI is InChI=1S/C12H23F3N2O2/c1-5-16-10(11(18)19-6-2)7-17(9(3)4)8-12(13,14)15/h9-10,16H,5-8H2,1-4H3. The molecule has 0 radical (unpaired) electrons. The fourth-order valence-corrected chi connectivity index (χ4v) is 1.63. The van der Waals surface area contributed by atoms with Crippen molar-refractivity contribution < 1.29 is 22.7 Å². The van der Waals surface area contributed by atoms with E-state index in [0.29, 0.717) is 6.54 Å². The molecule has 1 N–H and O–H groups in total. The average molecular weight is 284 g/mol. The summed E-state index contributed by atoms with van der Waals surface area (Å²) in [5, 5.41) is 2.85. The number of hydrogen-bond acceptors (Lipinski definition) is 4. The Bertz CT molecular complexity index is 270. The van der Waals surface area contributed by atoms with Crippen molar-refractivity contribution in [3.8, 4) is 0 Å². The normalized spacial score (nSPS) is 13.9. The van der Waals surface area contributed by atoms with Crippen molar-refractivity contribution in [2.24, 2.45) is 0 Å². The second kappa shape index (κ2) is 8.37. The summed E-state index contributed by atoms with van der Waals surface area (Å²) >= 11 is 0. The molecule has 0 aliphatic carbocycles. The van der Waals surface area contributed by atoms with E-state index in [1.165, 1.54) is 4.90 Å². The number of halogens is 3. The van der Waals surface area contributed by atoms with Crippen molar-refractivity contribution in [1.82, 2.24) is 10.2 Å². The van der Waals surface area contributed by atoms with Gasteiger partial charge >= 0.3 is 12.1 Å². The third-order valence-corrected chi connectivity index (χ3v) is 2.55. The lowest BCUT2D eigenvalue weighted by molar-refractivity contribution is -0.156. The van der Waals surface area contributed by atoms with E-state index < -0.39 is 24.7 Å². The molecule has 0 aliphatic rings. The molecule has 19 heavy (non-hydrogen) atoms. The van der Waals surface area contributed by atoms with Gasteiger partial charge in [0.1, 0.15) is 6.04 Å². The second-order valence-corrected chi connectivity index (χ2v) is 4.50. The molecule has 4 nitrogen and oxygen atoms in total. The molecule has 0 aliphatic heterocycles. The first-order chi connectivity index (χ1) is 8.71. The number of ether oxygens (including phenoxy) is 1. The highest BCUT2D eigenvalue weighted by molar-refractivity contribution is 5.76. The van der Waals surface area contributed by atoms with Crippen LogP contribution in [-0.2, 0) is 9.53 Å². The number of hydrogen-bond donors (Lipinski definition) is 1. The van der Waals surface area contributed by atoms with Crippen LogP contribution in [0.3, 0.4) is 0 Å². The summed E-state index contributed by atoms with van der Waals surface area (Å²) in [5.41, 5.74) is 0. The van der Waals surface area contributed by atoms with Crippen LogP contribution in [0.25, 0.3) is 0 Å². The summed E-state index contributed by atoms with van der Waals surface area (Å²) in [6.45, 7) is 6.42. The van der Waals surface area contributed by atoms with Crippen LogP contribution in [0.15, 0.2) is 0 Å². The van der Waals surface area contributed by atoms with Crippen molar-refractivity contribution >= 4 is 5.97 Å². The van der Waals surface area contributed by atoms with Crippen LogP contribution >= 0.6 is 0 Å². The Balaban J connectivity index is 4.69. The molecule has 1 atom stereocenters. The lowest BCUT2D eigenvalue weighted by Gasteiger charge is -2.30. The topological polar surface area (TPSA) is 41.6 Å². The van der Waals surface area contributed by atoms with Gasteiger partial charge in [-0.05, 0) is 27.3 Å². The lowest BCUT2D eigenvalue weighted by Crippen LogP contribution is -2.51. The number of likely N-dealkylation sites (N-methyl/N-ethyl adjacent to an activating group) is 1. The van der Waals surface area contributed by atoms with Crippen molar-refractivity contribution in [2.45, 2.75) is 46.0 Å². The van der Waals surface area contributed by atoms with Crippen LogP contribution < -0.4 is 5.32 Å². The number of carbonyl (C=O) groups is 1. The quantitative estimate of drug-likeness (QED) is 0.690. The summed E-state index contributed by atoms with van der Waals surface area (Å²) in [6.07, 6.45) is -4.28. The van der Waals surface area contributed by atoms with Crippen LogP contribution in [0.2, 0.25) is 0 Å². The first kappa shape index (κ1) is 18.2. The molecule has 0 aromatic heterocycles. The van der Waals surface area contributed by atoms with Gasteiger partial charge in [-0.2, -0.15) is 13.2 Å². The number of esters is 1. The molecule has 0 spiro atoms. The van der Waals surface area contributed by atoms with Gasteiger partial charge in [0.2, 0.25) is 0 Å². The molecular weight excluding hydrogens is 261 g/mol. The van der Waals surface area contributed by atoms with E-state index in [-0.39, 0.29) is 19.2 Å². The molecule has 0 amide bonds. The minimum atomic E-state index is -4.28. The lowest BCUT2D eigenvalue weighted by atomic mass is 10.2. The fourth-order valence-electron chi connectivity index (χ4n) is 1.63. The molecule has 0 bridgehead atoms. The Morgan fingerprint density at radius 1 is 1.32 bits per heavy atom. The number of rotatable bonds is 8. The number of carbonyl (C=O) groups excluding carboxylic acids is 1. The second-order valence-electron chi connectivity index (χ2n) is 4.50. The van der Waals surface area contributed by atoms with Crippen molar-refractivity contribution in [1.29, 1.82) is 0 Å². The summed E-state index contributed by atoms with van der Waals surface area (Å²) in [7, 11) is 0. The number of alkyl halides is 3. The van der Waals surface area contributed by atoms with Gasteiger partial charge in [0.05, 0.1) is 13.2 Å². The zero-order valence-electron chi connectivity index (χ0n) is 11.9. The van der Waals surface area contributed by atoms with Crippen LogP contribution in [0.4, 0.5) is 13.2 Å². The van der Waals surface area contributed by atoms with E-state index >= 15 is 0 Å². The Kier molecular flexibility index (Phi) is 8.01. The number of nitrogens with zero attached hydrogens (tertiary/aromatic N) is 1. The highest BCUT2D eigenvalue weighted by Crippen LogP contribution is 2.18. The molecule has 1 unspecified atom stereocenters. The third kappa shape index (κ3) is 8.05. The van der Waals surface area contributed by atoms with Gasteiger partial charge in [0.15, 0.2) is 0 Å². The van der Waals surface area contributed by atoms with Gasteiger partial charge in [-0.3, -0.25) is 9.69 Å². The monoisotopic (exact) mass is 284 g/mol. The molecule has 0 aromatic carbocycles. The fraction of sp³-hybridized carbons (Fsp3) is 0.917. The SMILES string of the molecule is CCNC(CN(CC(F)(F)F)C(C)C)C(=O)OCC. The zero-order chi connectivity index (χ0) is 15.1. The average Bonchev–Trinajstić information content (AvgIpc) is 2.25. The molecule has 0 heterocycles. The van der Waals surface area contributed by atoms with Crippen molar-refractivity contribution in [3.63, 3.8) is 0 Å². The van der Waals surface area contributed by atoms with Gasteiger partial charge in [-0.15, -0.1) is 0 Å². The van der Waals surface area contributed by atoms with Gasteiger partial charge in [0, 0.05) is 12.6 Å². The molecular formula is C12H23F3N2O2. The summed E-state index contributed by atoms with van der Waals surface area (Å²) in [5.74, 6) is -0.517. The van der Waals surface area contributed by atoms with E-state index in [1.807, 2.05) is 0 Å². The van der Waals surface area contributed by atoms with Gasteiger partial charge in [0.25, 0.3) is 0 Å². The zero-order valence-corrected chi connectivity index (χ0v) is 11.9. The molecule has 0 saturated heterocycles. The maximum atomic E-state index is 12.5. The summed E-state index contributed by atoms with van der Waals surface area (Å²) in [4.78, 5) is 12.9. The van der Waals surface area contributed by atoms with Crippen LogP contribution in [0, 0.1) is 0 Å². The maximum Gasteiger partial charge on any atom is 0.401 e. The van der Waals surface area contributed by atoms with Crippen molar-refractivity contribution in [3.05, 3.63) is 0 Å². The third-order valence-electron chi connectivity index (χ3n) is 2.55. The summed E-state index contributed by atoms with van der Waals surface area (Å²) in [6, 6.07) is -1.05. The maximum absolute atomic E-state index is 12.5. The molecule has 0 rings (SSSR count). The Morgan fingerprint density at radius 3 is 2.26 bits per heavy atom. The highest BCUT2D eigenvalue weighted by Gasteiger charge is 2.34. The van der Waals surface area contributed by atoms with E-state index in [2.05, 4.69) is 5.32 Å². The molecule has 0 fully saturated rings. The Labute approximate surface area is 112 Å². The first-order valence-corrected chi connectivity index (χ1v) is 6.42. The smallest absolute Gasteiger partial charge is 0.401 e. The van der Waals surface area contributed by atoms with E-state index in [1.54, 1.807) is 27.7 Å². The predicted molar refractivity (Wildman–Crippen MR) is 66.9 cm³/mol. The molecule has 0 saturated carbocycles. The highest BCUT2D eigenvalue weighted by atomic mass is 19.4. The van der Waals surface area contributed by atoms with Crippen LogP contribution in [-0.4, -0.2) is 55.4 Å². The van der Waals surface area contributed by atoms with Crippen LogP contribution in [0.5, 0.6) is 0 Å². The van der Waals surface area contributed by atoms with E-state index in [0.717, 1.165) is 0 Å². The molecule has 114 valence electrons. The van der Waals surface area contributed by atoms with E-state index in [9.17, 15) is 18.0 Å². The number of nitrogens with one attached hydrogen (secondary N) is 1. The Hall–Kier alpha value is -0.820. The first-order valence-electron chi connectivity index (χ1n) is 6.42.